The molecule has 24 heavy (non-hydrogen) atoms. The topological polar surface area (TPSA) is 71.6 Å². The van der Waals surface area contributed by atoms with Crippen LogP contribution in [-0.4, -0.2) is 42.1 Å². The zero-order valence-corrected chi connectivity index (χ0v) is 13.5. The maximum atomic E-state index is 12.4. The fourth-order valence-electron chi connectivity index (χ4n) is 2.65. The zero-order chi connectivity index (χ0) is 16.9. The summed E-state index contributed by atoms with van der Waals surface area (Å²) in [6.45, 7) is 3.12. The normalized spacial score (nSPS) is 17.5. The second kappa shape index (κ2) is 7.31. The van der Waals surface area contributed by atoms with Gasteiger partial charge in [-0.25, -0.2) is 0 Å². The highest BCUT2D eigenvalue weighted by Gasteiger charge is 2.25. The molecule has 126 valence electrons. The highest BCUT2D eigenvalue weighted by Crippen LogP contribution is 2.21. The predicted molar refractivity (Wildman–Crippen MR) is 89.0 cm³/mol. The van der Waals surface area contributed by atoms with E-state index in [4.69, 9.17) is 9.47 Å². The Bertz CT molecular complexity index is 757. The van der Waals surface area contributed by atoms with E-state index in [1.807, 2.05) is 30.3 Å². The van der Waals surface area contributed by atoms with Gasteiger partial charge in [0.15, 0.2) is 12.4 Å². The van der Waals surface area contributed by atoms with Gasteiger partial charge in [0.2, 0.25) is 5.43 Å². The Kier molecular flexibility index (Phi) is 4.96. The van der Waals surface area contributed by atoms with Crippen molar-refractivity contribution in [3.63, 3.8) is 0 Å². The summed E-state index contributed by atoms with van der Waals surface area (Å²) in [7, 11) is 0. The van der Waals surface area contributed by atoms with E-state index < -0.39 is 0 Å². The van der Waals surface area contributed by atoms with E-state index >= 15 is 0 Å². The van der Waals surface area contributed by atoms with Crippen LogP contribution in [-0.2, 0) is 9.53 Å². The van der Waals surface area contributed by atoms with Gasteiger partial charge in [0.25, 0.3) is 5.91 Å². The molecule has 3 rings (SSSR count). The van der Waals surface area contributed by atoms with Gasteiger partial charge in [0.05, 0.1) is 13.2 Å². The lowest BCUT2D eigenvalue weighted by Gasteiger charge is -2.33. The van der Waals surface area contributed by atoms with E-state index in [-0.39, 0.29) is 29.8 Å². The molecule has 0 saturated carbocycles. The number of morpholine rings is 1. The number of nitrogens with zero attached hydrogens (tertiary/aromatic N) is 1. The lowest BCUT2D eigenvalue weighted by Crippen LogP contribution is -2.44. The molecule has 0 radical (unpaired) electrons. The number of carbonyl (C=O) groups is 1. The minimum absolute atomic E-state index is 0.133. The molecule has 1 aliphatic heterocycles. The molecule has 1 atom stereocenters. The maximum absolute atomic E-state index is 12.4. The molecule has 1 aromatic heterocycles. The molecule has 1 aliphatic rings. The molecular weight excluding hydrogens is 308 g/mol. The molecule has 1 unspecified atom stereocenters. The van der Waals surface area contributed by atoms with Crippen molar-refractivity contribution in [1.82, 2.24) is 9.88 Å². The number of carbonyl (C=O) groups excluding carboxylic acids is 1. The first-order chi connectivity index (χ1) is 11.6. The van der Waals surface area contributed by atoms with Crippen molar-refractivity contribution in [2.75, 3.05) is 26.3 Å². The monoisotopic (exact) mass is 328 g/mol. The van der Waals surface area contributed by atoms with E-state index in [1.165, 1.54) is 12.3 Å². The lowest BCUT2D eigenvalue weighted by atomic mass is 10.1. The Balaban J connectivity index is 1.59. The Labute approximate surface area is 140 Å². The second-order valence-electron chi connectivity index (χ2n) is 5.74. The van der Waals surface area contributed by atoms with Crippen LogP contribution in [0.15, 0.2) is 47.4 Å². The fraction of sp³-hybridized carbons (Fsp3) is 0.333. The third-order valence-electron chi connectivity index (χ3n) is 3.96. The molecule has 1 saturated heterocycles. The average molecular weight is 328 g/mol. The minimum Gasteiger partial charge on any atom is -0.478 e. The number of ether oxygens (including phenoxy) is 2. The van der Waals surface area contributed by atoms with Gasteiger partial charge in [0, 0.05) is 24.5 Å². The van der Waals surface area contributed by atoms with Crippen molar-refractivity contribution in [3.05, 3.63) is 64.1 Å². The smallest absolute Gasteiger partial charge is 0.260 e. The summed E-state index contributed by atoms with van der Waals surface area (Å²) in [5, 5.41) is 0. The average Bonchev–Trinajstić information content (AvgIpc) is 2.61. The maximum Gasteiger partial charge on any atom is 0.260 e. The lowest BCUT2D eigenvalue weighted by molar-refractivity contribution is -0.141. The Morgan fingerprint density at radius 3 is 2.92 bits per heavy atom. The van der Waals surface area contributed by atoms with Crippen LogP contribution in [0.4, 0.5) is 0 Å². The molecule has 1 N–H and O–H groups in total. The van der Waals surface area contributed by atoms with Crippen molar-refractivity contribution in [1.29, 1.82) is 0 Å². The number of hydrogen-bond donors (Lipinski definition) is 1. The summed E-state index contributed by atoms with van der Waals surface area (Å²) >= 11 is 0. The van der Waals surface area contributed by atoms with Crippen LogP contribution in [0.25, 0.3) is 0 Å². The number of rotatable bonds is 4. The summed E-state index contributed by atoms with van der Waals surface area (Å²) < 4.78 is 11.1. The Morgan fingerprint density at radius 2 is 2.17 bits per heavy atom. The number of benzene rings is 1. The standard InChI is InChI=1S/C18H20N2O4/c1-13-9-15(21)16(10-19-13)24-12-18(22)20-7-8-23-17(11-20)14-5-3-2-4-6-14/h2-6,9-10,17H,7-8,11-12H2,1H3,(H,19,21). The molecule has 1 fully saturated rings. The molecule has 2 aromatic rings. The number of nitrogens with one attached hydrogen (secondary N) is 1. The van der Waals surface area contributed by atoms with Crippen LogP contribution in [0.2, 0.25) is 0 Å². The van der Waals surface area contributed by atoms with Gasteiger partial charge in [-0.05, 0) is 12.5 Å². The highest BCUT2D eigenvalue weighted by atomic mass is 16.5. The van der Waals surface area contributed by atoms with E-state index in [2.05, 4.69) is 4.98 Å². The van der Waals surface area contributed by atoms with Gasteiger partial charge >= 0.3 is 0 Å². The predicted octanol–water partition coefficient (Wildman–Crippen LogP) is 1.66. The van der Waals surface area contributed by atoms with Gasteiger partial charge in [-0.15, -0.1) is 0 Å². The molecule has 0 spiro atoms. The van der Waals surface area contributed by atoms with Crippen LogP contribution in [0.5, 0.6) is 5.75 Å². The first-order valence-electron chi connectivity index (χ1n) is 7.90. The largest absolute Gasteiger partial charge is 0.478 e. The summed E-state index contributed by atoms with van der Waals surface area (Å²) in [6, 6.07) is 11.3. The molecule has 0 bridgehead atoms. The van der Waals surface area contributed by atoms with Gasteiger partial charge in [0.1, 0.15) is 6.10 Å². The quantitative estimate of drug-likeness (QED) is 0.926. The van der Waals surface area contributed by atoms with Gasteiger partial charge in [-0.2, -0.15) is 0 Å². The van der Waals surface area contributed by atoms with E-state index in [0.717, 1.165) is 11.3 Å². The van der Waals surface area contributed by atoms with Crippen LogP contribution in [0.1, 0.15) is 17.4 Å². The third kappa shape index (κ3) is 3.83. The van der Waals surface area contributed by atoms with E-state index in [9.17, 15) is 9.59 Å². The first kappa shape index (κ1) is 16.3. The number of H-pyrrole nitrogens is 1. The number of amides is 1. The molecule has 1 aromatic carbocycles. The molecule has 0 aliphatic carbocycles. The highest BCUT2D eigenvalue weighted by molar-refractivity contribution is 5.78. The van der Waals surface area contributed by atoms with Crippen LogP contribution in [0, 0.1) is 6.92 Å². The number of aromatic amines is 1. The molecular formula is C18H20N2O4. The SMILES string of the molecule is Cc1cc(=O)c(OCC(=O)N2CCOC(c3ccccc3)C2)c[nH]1. The molecule has 6 heteroatoms. The number of aromatic nitrogens is 1. The minimum atomic E-state index is -0.233. The number of aryl methyl sites for hydroxylation is 1. The molecule has 1 amide bonds. The van der Waals surface area contributed by atoms with E-state index in [0.29, 0.717) is 19.7 Å². The summed E-state index contributed by atoms with van der Waals surface area (Å²) in [5.74, 6) is 0.000949. The van der Waals surface area contributed by atoms with Crippen molar-refractivity contribution in [2.24, 2.45) is 0 Å². The first-order valence-corrected chi connectivity index (χ1v) is 7.90. The van der Waals surface area contributed by atoms with Crippen LogP contribution >= 0.6 is 0 Å². The van der Waals surface area contributed by atoms with Crippen LogP contribution in [0.3, 0.4) is 0 Å². The summed E-state index contributed by atoms with van der Waals surface area (Å²) in [6.07, 6.45) is 1.35. The Morgan fingerprint density at radius 1 is 1.38 bits per heavy atom. The fourth-order valence-corrected chi connectivity index (χ4v) is 2.65. The van der Waals surface area contributed by atoms with Gasteiger partial charge in [-0.1, -0.05) is 30.3 Å². The van der Waals surface area contributed by atoms with Gasteiger partial charge < -0.3 is 19.4 Å². The second-order valence-corrected chi connectivity index (χ2v) is 5.74. The zero-order valence-electron chi connectivity index (χ0n) is 13.5. The van der Waals surface area contributed by atoms with Crippen molar-refractivity contribution >= 4 is 5.91 Å². The Hall–Kier alpha value is -2.60. The van der Waals surface area contributed by atoms with Crippen molar-refractivity contribution in [3.8, 4) is 5.75 Å². The van der Waals surface area contributed by atoms with Crippen molar-refractivity contribution in [2.45, 2.75) is 13.0 Å². The van der Waals surface area contributed by atoms with Crippen molar-refractivity contribution < 1.29 is 14.3 Å². The number of hydrogen-bond acceptors (Lipinski definition) is 4. The summed E-state index contributed by atoms with van der Waals surface area (Å²) in [5.41, 5.74) is 1.56. The third-order valence-corrected chi connectivity index (χ3v) is 3.96. The van der Waals surface area contributed by atoms with E-state index in [1.54, 1.807) is 11.8 Å². The molecule has 2 heterocycles. The number of pyridine rings is 1. The van der Waals surface area contributed by atoms with Crippen LogP contribution < -0.4 is 10.2 Å². The summed E-state index contributed by atoms with van der Waals surface area (Å²) in [4.78, 5) is 28.8. The molecule has 6 nitrogen and oxygen atoms in total. The van der Waals surface area contributed by atoms with Gasteiger partial charge in [-0.3, -0.25) is 9.59 Å².